The number of nitrogens with zero attached hydrogens (tertiary/aromatic N) is 3. The van der Waals surface area contributed by atoms with Crippen LogP contribution in [0.15, 0.2) is 79.0 Å². The summed E-state index contributed by atoms with van der Waals surface area (Å²) in [6, 6.07) is 18.2. The third kappa shape index (κ3) is 4.24. The van der Waals surface area contributed by atoms with Gasteiger partial charge in [0.15, 0.2) is 5.11 Å². The molecule has 2 aromatic heterocycles. The maximum atomic E-state index is 13.7. The summed E-state index contributed by atoms with van der Waals surface area (Å²) in [5.41, 5.74) is 3.59. The molecule has 0 unspecified atom stereocenters. The predicted octanol–water partition coefficient (Wildman–Crippen LogP) is 6.82. The second kappa shape index (κ2) is 9.05. The fourth-order valence-electron chi connectivity index (χ4n) is 4.86. The Labute approximate surface area is 211 Å². The third-order valence-electron chi connectivity index (χ3n) is 6.42. The fourth-order valence-corrected chi connectivity index (χ4v) is 5.20. The van der Waals surface area contributed by atoms with Crippen LogP contribution in [0, 0.1) is 19.7 Å². The van der Waals surface area contributed by atoms with E-state index >= 15 is 0 Å². The largest absolute Gasteiger partial charge is 0.416 e. The molecule has 3 heterocycles. The topological polar surface area (TPSA) is 33.1 Å². The van der Waals surface area contributed by atoms with Crippen LogP contribution in [0.4, 0.5) is 23.2 Å². The van der Waals surface area contributed by atoms with Crippen molar-refractivity contribution in [1.29, 1.82) is 0 Å². The van der Waals surface area contributed by atoms with E-state index in [4.69, 9.17) is 12.2 Å². The van der Waals surface area contributed by atoms with E-state index in [9.17, 15) is 17.6 Å². The molecule has 4 aromatic rings. The molecular formula is C27H22F4N4S. The molecule has 0 amide bonds. The molecule has 1 aliphatic rings. The number of pyridine rings is 1. The molecule has 0 spiro atoms. The van der Waals surface area contributed by atoms with Gasteiger partial charge in [0.2, 0.25) is 0 Å². The van der Waals surface area contributed by atoms with Gasteiger partial charge in [0.05, 0.1) is 23.3 Å². The Balaban J connectivity index is 1.67. The van der Waals surface area contributed by atoms with Gasteiger partial charge in [-0.15, -0.1) is 0 Å². The van der Waals surface area contributed by atoms with Crippen LogP contribution in [0.2, 0.25) is 0 Å². The fraction of sp³-hybridized carbons (Fsp3) is 0.185. The highest BCUT2D eigenvalue weighted by Crippen LogP contribution is 2.44. The molecule has 5 rings (SSSR count). The lowest BCUT2D eigenvalue weighted by Crippen LogP contribution is -2.29. The highest BCUT2D eigenvalue weighted by Gasteiger charge is 2.42. The summed E-state index contributed by atoms with van der Waals surface area (Å²) in [5.74, 6) is -0.364. The van der Waals surface area contributed by atoms with E-state index in [1.54, 1.807) is 24.4 Å². The van der Waals surface area contributed by atoms with E-state index in [0.29, 0.717) is 16.5 Å². The number of aryl methyl sites for hydroxylation is 1. The van der Waals surface area contributed by atoms with Gasteiger partial charge in [-0.25, -0.2) is 4.39 Å². The lowest BCUT2D eigenvalue weighted by Gasteiger charge is -2.28. The van der Waals surface area contributed by atoms with Crippen LogP contribution in [0.3, 0.4) is 0 Å². The molecule has 1 fully saturated rings. The number of alkyl halides is 3. The van der Waals surface area contributed by atoms with Crippen molar-refractivity contribution in [2.45, 2.75) is 32.1 Å². The molecule has 2 aromatic carbocycles. The summed E-state index contributed by atoms with van der Waals surface area (Å²) in [6.07, 6.45) is -2.75. The first-order chi connectivity index (χ1) is 17.1. The number of rotatable bonds is 4. The quantitative estimate of drug-likeness (QED) is 0.241. The van der Waals surface area contributed by atoms with Crippen molar-refractivity contribution < 1.29 is 17.6 Å². The number of aromatic nitrogens is 2. The van der Waals surface area contributed by atoms with Crippen LogP contribution in [-0.2, 0) is 6.18 Å². The molecule has 0 saturated carbocycles. The average molecular weight is 511 g/mol. The molecule has 0 bridgehead atoms. The third-order valence-corrected chi connectivity index (χ3v) is 6.74. The molecule has 1 saturated heterocycles. The van der Waals surface area contributed by atoms with Gasteiger partial charge in [0.25, 0.3) is 0 Å². The van der Waals surface area contributed by atoms with Crippen LogP contribution in [0.25, 0.3) is 5.69 Å². The number of anilines is 1. The number of thiocarbonyl (C=S) groups is 1. The Kier molecular flexibility index (Phi) is 6.04. The SMILES string of the molecule is Cc1cc([C@@H]2[C@H](c3ccccn3)NC(=S)N2c2ccc(F)cc2)c(C)n1-c1cccc(C(F)(F)F)c1. The van der Waals surface area contributed by atoms with E-state index in [1.165, 1.54) is 18.2 Å². The van der Waals surface area contributed by atoms with Gasteiger partial charge in [-0.3, -0.25) is 4.98 Å². The van der Waals surface area contributed by atoms with Crippen molar-refractivity contribution in [2.75, 3.05) is 4.90 Å². The Bertz CT molecular complexity index is 1410. The summed E-state index contributed by atoms with van der Waals surface area (Å²) in [6.45, 7) is 3.73. The van der Waals surface area contributed by atoms with E-state index in [1.807, 2.05) is 47.6 Å². The molecule has 1 N–H and O–H groups in total. The summed E-state index contributed by atoms with van der Waals surface area (Å²) in [5, 5.41) is 3.80. The van der Waals surface area contributed by atoms with Crippen molar-refractivity contribution in [3.63, 3.8) is 0 Å². The molecule has 4 nitrogen and oxygen atoms in total. The van der Waals surface area contributed by atoms with Crippen LogP contribution in [0.5, 0.6) is 0 Å². The molecule has 0 radical (unpaired) electrons. The second-order valence-electron chi connectivity index (χ2n) is 8.68. The maximum Gasteiger partial charge on any atom is 0.416 e. The zero-order chi connectivity index (χ0) is 25.6. The number of benzene rings is 2. The standard InChI is InChI=1S/C27H22F4N4S/c1-16-14-22(17(2)34(16)21-7-5-6-18(15-21)27(29,30)31)25-24(23-8-3-4-13-32-23)33-26(36)35(25)20-11-9-19(28)10-12-20/h3-15,24-25H,1-2H3,(H,33,36)/t24-,25+/m0/s1. The normalized spacial score (nSPS) is 17.9. The highest BCUT2D eigenvalue weighted by molar-refractivity contribution is 7.80. The first kappa shape index (κ1) is 24.0. The van der Waals surface area contributed by atoms with Gasteiger partial charge in [-0.05, 0) is 92.3 Å². The number of hydrogen-bond donors (Lipinski definition) is 1. The lowest BCUT2D eigenvalue weighted by molar-refractivity contribution is -0.137. The van der Waals surface area contributed by atoms with Gasteiger partial charge in [0.1, 0.15) is 5.82 Å². The van der Waals surface area contributed by atoms with Crippen LogP contribution in [-0.4, -0.2) is 14.7 Å². The Hall–Kier alpha value is -3.72. The minimum absolute atomic E-state index is 0.334. The maximum absolute atomic E-state index is 13.7. The van der Waals surface area contributed by atoms with Gasteiger partial charge in [-0.2, -0.15) is 13.2 Å². The summed E-state index contributed by atoms with van der Waals surface area (Å²) in [4.78, 5) is 6.44. The predicted molar refractivity (Wildman–Crippen MR) is 135 cm³/mol. The molecule has 184 valence electrons. The second-order valence-corrected chi connectivity index (χ2v) is 9.07. The molecule has 9 heteroatoms. The first-order valence-corrected chi connectivity index (χ1v) is 11.7. The Morgan fingerprint density at radius 3 is 2.33 bits per heavy atom. The van der Waals surface area contributed by atoms with E-state index < -0.39 is 11.7 Å². The Morgan fingerprint density at radius 1 is 0.917 bits per heavy atom. The van der Waals surface area contributed by atoms with Gasteiger partial charge in [0, 0.05) is 29.0 Å². The van der Waals surface area contributed by atoms with Crippen molar-refractivity contribution in [3.8, 4) is 5.69 Å². The summed E-state index contributed by atoms with van der Waals surface area (Å²) in [7, 11) is 0. The minimum atomic E-state index is -4.45. The van der Waals surface area contributed by atoms with Gasteiger partial charge >= 0.3 is 6.18 Å². The minimum Gasteiger partial charge on any atom is -0.351 e. The van der Waals surface area contributed by atoms with Crippen molar-refractivity contribution >= 4 is 23.0 Å². The van der Waals surface area contributed by atoms with Crippen molar-refractivity contribution in [2.24, 2.45) is 0 Å². The average Bonchev–Trinajstić information content (AvgIpc) is 3.35. The van der Waals surface area contributed by atoms with Crippen LogP contribution in [0.1, 0.15) is 40.3 Å². The number of halogens is 4. The van der Waals surface area contributed by atoms with E-state index in [-0.39, 0.29) is 17.9 Å². The molecular weight excluding hydrogens is 488 g/mol. The smallest absolute Gasteiger partial charge is 0.351 e. The van der Waals surface area contributed by atoms with Crippen LogP contribution < -0.4 is 10.2 Å². The lowest BCUT2D eigenvalue weighted by atomic mass is 9.96. The van der Waals surface area contributed by atoms with Crippen LogP contribution >= 0.6 is 12.2 Å². The zero-order valence-electron chi connectivity index (χ0n) is 19.4. The van der Waals surface area contributed by atoms with Gasteiger partial charge in [-0.1, -0.05) is 12.1 Å². The number of hydrogen-bond acceptors (Lipinski definition) is 2. The first-order valence-electron chi connectivity index (χ1n) is 11.3. The summed E-state index contributed by atoms with van der Waals surface area (Å²) < 4.78 is 55.7. The van der Waals surface area contributed by atoms with E-state index in [0.717, 1.165) is 34.8 Å². The Morgan fingerprint density at radius 2 is 1.67 bits per heavy atom. The van der Waals surface area contributed by atoms with E-state index in [2.05, 4.69) is 10.3 Å². The zero-order valence-corrected chi connectivity index (χ0v) is 20.2. The van der Waals surface area contributed by atoms with Crippen molar-refractivity contribution in [1.82, 2.24) is 14.9 Å². The molecule has 36 heavy (non-hydrogen) atoms. The monoisotopic (exact) mass is 510 g/mol. The van der Waals surface area contributed by atoms with Crippen molar-refractivity contribution in [3.05, 3.63) is 113 Å². The molecule has 2 atom stereocenters. The number of nitrogens with one attached hydrogen (secondary N) is 1. The highest BCUT2D eigenvalue weighted by atomic mass is 32.1. The summed E-state index contributed by atoms with van der Waals surface area (Å²) >= 11 is 5.71. The van der Waals surface area contributed by atoms with Gasteiger partial charge < -0.3 is 14.8 Å². The molecule has 1 aliphatic heterocycles. The molecule has 0 aliphatic carbocycles.